The number of hydrazone groups is 1. The first-order valence-electron chi connectivity index (χ1n) is 8.83. The molecule has 0 aliphatic carbocycles. The highest BCUT2D eigenvalue weighted by Crippen LogP contribution is 2.35. The van der Waals surface area contributed by atoms with Crippen LogP contribution in [0.5, 0.6) is 5.75 Å². The molecule has 1 aromatic carbocycles. The number of furan rings is 1. The minimum atomic E-state index is -0.544. The van der Waals surface area contributed by atoms with Crippen LogP contribution in [0.1, 0.15) is 19.1 Å². The van der Waals surface area contributed by atoms with Gasteiger partial charge in [-0.3, -0.25) is 20.3 Å². The van der Waals surface area contributed by atoms with Crippen molar-refractivity contribution in [3.63, 3.8) is 0 Å². The van der Waals surface area contributed by atoms with Crippen LogP contribution in [0, 0.1) is 15.5 Å². The smallest absolute Gasteiger partial charge is 0.283 e. The maximum Gasteiger partial charge on any atom is 0.283 e. The lowest BCUT2D eigenvalue weighted by Crippen LogP contribution is -2.35. The highest BCUT2D eigenvalue weighted by atomic mass is 32.2. The number of amidine groups is 2. The fraction of sp³-hybridized carbons (Fsp3) is 0.158. The lowest BCUT2D eigenvalue weighted by Gasteiger charge is -2.19. The van der Waals surface area contributed by atoms with Crippen LogP contribution in [0.15, 0.2) is 50.4 Å². The number of non-ortho nitro benzene ring substituents is 1. The number of nitro benzene ring substituents is 1. The van der Waals surface area contributed by atoms with Crippen LogP contribution >= 0.6 is 11.8 Å². The van der Waals surface area contributed by atoms with E-state index in [4.69, 9.17) is 14.6 Å². The Morgan fingerprint density at radius 3 is 2.87 bits per heavy atom. The third kappa shape index (κ3) is 3.39. The number of amides is 1. The SMILES string of the molecule is CCC1=NN2C(=N)/C(=C\c3ccc(-c4ccc([N+](=O)[O-])cc4OC)o3)C(=O)N=C2S1. The van der Waals surface area contributed by atoms with E-state index >= 15 is 0 Å². The summed E-state index contributed by atoms with van der Waals surface area (Å²) in [5.41, 5.74) is 0.471. The van der Waals surface area contributed by atoms with E-state index in [9.17, 15) is 14.9 Å². The first kappa shape index (κ1) is 19.6. The minimum Gasteiger partial charge on any atom is -0.496 e. The van der Waals surface area contributed by atoms with Crippen LogP contribution < -0.4 is 4.74 Å². The number of ether oxygens (including phenoxy) is 1. The van der Waals surface area contributed by atoms with Gasteiger partial charge in [0.15, 0.2) is 5.84 Å². The molecule has 3 heterocycles. The minimum absolute atomic E-state index is 0.0528. The summed E-state index contributed by atoms with van der Waals surface area (Å²) >= 11 is 1.27. The van der Waals surface area contributed by atoms with E-state index in [0.717, 1.165) is 5.04 Å². The fourth-order valence-electron chi connectivity index (χ4n) is 2.89. The first-order valence-corrected chi connectivity index (χ1v) is 9.64. The number of benzene rings is 1. The van der Waals surface area contributed by atoms with Crippen molar-refractivity contribution >= 4 is 45.5 Å². The molecule has 2 aliphatic heterocycles. The highest BCUT2D eigenvalue weighted by Gasteiger charge is 2.35. The predicted octanol–water partition coefficient (Wildman–Crippen LogP) is 3.89. The van der Waals surface area contributed by atoms with Crippen LogP contribution in [-0.4, -0.2) is 39.0 Å². The molecule has 0 bridgehead atoms. The number of hydrogen-bond acceptors (Lipinski definition) is 8. The summed E-state index contributed by atoms with van der Waals surface area (Å²) in [6.07, 6.45) is 2.11. The maximum atomic E-state index is 12.4. The molecule has 0 fully saturated rings. The zero-order valence-corrected chi connectivity index (χ0v) is 16.7. The van der Waals surface area contributed by atoms with Gasteiger partial charge in [-0.25, -0.2) is 0 Å². The van der Waals surface area contributed by atoms with Crippen LogP contribution in [0.3, 0.4) is 0 Å². The number of thioether (sulfide) groups is 1. The molecular weight excluding hydrogens is 410 g/mol. The third-order valence-corrected chi connectivity index (χ3v) is 5.43. The Morgan fingerprint density at radius 2 is 2.17 bits per heavy atom. The van der Waals surface area contributed by atoms with Gasteiger partial charge in [0.2, 0.25) is 5.17 Å². The van der Waals surface area contributed by atoms with E-state index in [1.807, 2.05) is 6.92 Å². The van der Waals surface area contributed by atoms with Gasteiger partial charge in [0, 0.05) is 6.07 Å². The van der Waals surface area contributed by atoms with E-state index in [1.165, 1.54) is 48.2 Å². The molecule has 1 N–H and O–H groups in total. The Kier molecular flexibility index (Phi) is 4.96. The Bertz CT molecular complexity index is 1180. The number of fused-ring (bicyclic) bond motifs is 1. The van der Waals surface area contributed by atoms with E-state index in [-0.39, 0.29) is 22.8 Å². The fourth-order valence-corrected chi connectivity index (χ4v) is 3.71. The zero-order chi connectivity index (χ0) is 21.4. The first-order chi connectivity index (χ1) is 14.4. The highest BCUT2D eigenvalue weighted by molar-refractivity contribution is 8.26. The van der Waals surface area contributed by atoms with Crippen molar-refractivity contribution in [3.8, 4) is 17.1 Å². The molecule has 0 atom stereocenters. The number of hydrogen-bond donors (Lipinski definition) is 1. The molecule has 4 rings (SSSR count). The Labute approximate surface area is 174 Å². The monoisotopic (exact) mass is 425 g/mol. The summed E-state index contributed by atoms with van der Waals surface area (Å²) in [6, 6.07) is 7.47. The second kappa shape index (κ2) is 7.59. The standard InChI is InChI=1S/C19H15N5O5S/c1-3-16-22-23-17(20)13(18(25)21-19(23)30-16)9-11-5-7-14(29-11)12-6-4-10(24(26)27)8-15(12)28-2/h4-9,20H,3H2,1-2H3/b13-9+,20-17?. The summed E-state index contributed by atoms with van der Waals surface area (Å²) in [5.74, 6) is 0.382. The lowest BCUT2D eigenvalue weighted by molar-refractivity contribution is -0.384. The number of carbonyl (C=O) groups is 1. The van der Waals surface area contributed by atoms with Crippen LogP contribution in [0.2, 0.25) is 0 Å². The van der Waals surface area contributed by atoms with Gasteiger partial charge in [-0.1, -0.05) is 6.92 Å². The molecule has 2 aromatic rings. The van der Waals surface area contributed by atoms with Crippen molar-refractivity contribution in [2.75, 3.05) is 7.11 Å². The molecule has 30 heavy (non-hydrogen) atoms. The molecule has 10 nitrogen and oxygen atoms in total. The van der Waals surface area contributed by atoms with Gasteiger partial charge in [0.1, 0.15) is 22.3 Å². The van der Waals surface area contributed by atoms with Crippen molar-refractivity contribution in [3.05, 3.63) is 51.8 Å². The van der Waals surface area contributed by atoms with Gasteiger partial charge in [-0.15, -0.1) is 0 Å². The molecule has 152 valence electrons. The quantitative estimate of drug-likeness (QED) is 0.436. The van der Waals surface area contributed by atoms with Crippen molar-refractivity contribution < 1.29 is 18.9 Å². The van der Waals surface area contributed by atoms with E-state index < -0.39 is 10.8 Å². The second-order valence-corrected chi connectivity index (χ2v) is 7.25. The number of aliphatic imine (C=N–C) groups is 1. The molecule has 0 spiro atoms. The molecule has 1 amide bonds. The lowest BCUT2D eigenvalue weighted by atomic mass is 10.1. The van der Waals surface area contributed by atoms with Crippen molar-refractivity contribution in [1.29, 1.82) is 5.41 Å². The molecule has 0 radical (unpaired) electrons. The molecular formula is C19H15N5O5S. The van der Waals surface area contributed by atoms with Gasteiger partial charge in [-0.05, 0) is 42.5 Å². The van der Waals surface area contributed by atoms with Crippen LogP contribution in [-0.2, 0) is 4.79 Å². The van der Waals surface area contributed by atoms with Gasteiger partial charge in [-0.2, -0.15) is 15.1 Å². The van der Waals surface area contributed by atoms with Gasteiger partial charge in [0.05, 0.1) is 29.2 Å². The van der Waals surface area contributed by atoms with E-state index in [1.54, 1.807) is 12.1 Å². The van der Waals surface area contributed by atoms with Crippen molar-refractivity contribution in [1.82, 2.24) is 5.01 Å². The van der Waals surface area contributed by atoms with Crippen LogP contribution in [0.4, 0.5) is 5.69 Å². The number of methoxy groups -OCH3 is 1. The number of carbonyl (C=O) groups excluding carboxylic acids is 1. The maximum absolute atomic E-state index is 12.4. The summed E-state index contributed by atoms with van der Waals surface area (Å²) in [6.45, 7) is 1.93. The summed E-state index contributed by atoms with van der Waals surface area (Å²) < 4.78 is 11.0. The summed E-state index contributed by atoms with van der Waals surface area (Å²) in [4.78, 5) is 26.9. The summed E-state index contributed by atoms with van der Waals surface area (Å²) in [5, 5.41) is 26.1. The van der Waals surface area contributed by atoms with Crippen molar-refractivity contribution in [2.24, 2.45) is 10.1 Å². The van der Waals surface area contributed by atoms with Gasteiger partial charge >= 0.3 is 0 Å². The van der Waals surface area contributed by atoms with Gasteiger partial charge < -0.3 is 9.15 Å². The van der Waals surface area contributed by atoms with E-state index in [0.29, 0.717) is 28.7 Å². The average molecular weight is 425 g/mol. The number of nitrogens with zero attached hydrogens (tertiary/aromatic N) is 4. The molecule has 1 aromatic heterocycles. The van der Waals surface area contributed by atoms with E-state index in [2.05, 4.69) is 10.1 Å². The average Bonchev–Trinajstić information content (AvgIpc) is 3.37. The summed E-state index contributed by atoms with van der Waals surface area (Å²) in [7, 11) is 1.41. The molecule has 11 heteroatoms. The van der Waals surface area contributed by atoms with Crippen molar-refractivity contribution in [2.45, 2.75) is 13.3 Å². The predicted molar refractivity (Wildman–Crippen MR) is 113 cm³/mol. The topological polar surface area (TPSA) is 134 Å². The number of nitro groups is 1. The molecule has 0 saturated heterocycles. The number of nitrogens with one attached hydrogen (secondary N) is 1. The van der Waals surface area contributed by atoms with Gasteiger partial charge in [0.25, 0.3) is 11.6 Å². The third-order valence-electron chi connectivity index (χ3n) is 4.37. The Morgan fingerprint density at radius 1 is 1.37 bits per heavy atom. The Hall–Kier alpha value is -3.73. The normalized spacial score (nSPS) is 17.1. The molecule has 0 saturated carbocycles. The number of rotatable bonds is 5. The van der Waals surface area contributed by atoms with Crippen LogP contribution in [0.25, 0.3) is 17.4 Å². The zero-order valence-electron chi connectivity index (χ0n) is 15.9. The molecule has 0 unspecified atom stereocenters. The molecule has 2 aliphatic rings. The largest absolute Gasteiger partial charge is 0.496 e. The Balaban J connectivity index is 1.66. The second-order valence-electron chi connectivity index (χ2n) is 6.21.